The second-order valence-electron chi connectivity index (χ2n) is 6.02. The molecule has 0 saturated carbocycles. The summed E-state index contributed by atoms with van der Waals surface area (Å²) >= 11 is 1.84. The lowest BCUT2D eigenvalue weighted by Gasteiger charge is -2.17. The fraction of sp³-hybridized carbons (Fsp3) is 0.316. The molecule has 0 aliphatic carbocycles. The molecule has 0 saturated heterocycles. The Morgan fingerprint density at radius 1 is 0.870 bits per heavy atom. The summed E-state index contributed by atoms with van der Waals surface area (Å²) in [6.45, 7) is 11.2. The second-order valence-corrected chi connectivity index (χ2v) is 7.00. The molecule has 3 aromatic rings. The van der Waals surface area contributed by atoms with Gasteiger partial charge in [-0.25, -0.2) is 9.97 Å². The normalized spacial score (nSPS) is 10.8. The Balaban J connectivity index is 0.00000192. The van der Waals surface area contributed by atoms with E-state index in [0.717, 1.165) is 21.9 Å². The van der Waals surface area contributed by atoms with Gasteiger partial charge in [-0.05, 0) is 91.9 Å². The van der Waals surface area contributed by atoms with Crippen molar-refractivity contribution in [2.75, 3.05) is 0 Å². The minimum atomic E-state index is 0. The van der Waals surface area contributed by atoms with Gasteiger partial charge in [0.2, 0.25) is 0 Å². The molecule has 2 aromatic carbocycles. The zero-order chi connectivity index (χ0) is 15.9. The van der Waals surface area contributed by atoms with Crippen LogP contribution in [0.1, 0.15) is 33.4 Å². The Morgan fingerprint density at radius 2 is 1.43 bits per heavy atom. The van der Waals surface area contributed by atoms with Gasteiger partial charge in [0.25, 0.3) is 0 Å². The molecule has 0 spiro atoms. The molecule has 0 amide bonds. The highest BCUT2D eigenvalue weighted by atomic mass is 35.5. The van der Waals surface area contributed by atoms with E-state index in [9.17, 15) is 0 Å². The molecule has 1 aromatic heterocycles. The van der Waals surface area contributed by atoms with E-state index in [2.05, 4.69) is 68.9 Å². The highest BCUT2D eigenvalue weighted by Gasteiger charge is 2.15. The topological polar surface area (TPSA) is 29.9 Å². The average molecular weight is 348 g/mol. The van der Waals surface area contributed by atoms with Gasteiger partial charge in [-0.3, -0.25) is 0 Å². The minimum absolute atomic E-state index is 0. The monoisotopic (exact) mass is 347 g/mol. The fourth-order valence-corrected chi connectivity index (χ4v) is 4.07. The van der Waals surface area contributed by atoms with Crippen LogP contribution in [0.25, 0.3) is 11.0 Å². The van der Waals surface area contributed by atoms with Gasteiger partial charge in [-0.2, -0.15) is 0 Å². The van der Waals surface area contributed by atoms with Crippen molar-refractivity contribution in [1.82, 2.24) is 4.98 Å². The van der Waals surface area contributed by atoms with Crippen molar-refractivity contribution in [3.8, 4) is 0 Å². The molecule has 0 unspecified atom stereocenters. The van der Waals surface area contributed by atoms with Gasteiger partial charge >= 0.3 is 5.16 Å². The van der Waals surface area contributed by atoms with Crippen LogP contribution in [-0.2, 0) is 5.75 Å². The van der Waals surface area contributed by atoms with Crippen LogP contribution in [0.15, 0.2) is 29.4 Å². The Morgan fingerprint density at radius 3 is 2.04 bits per heavy atom. The first kappa shape index (κ1) is 17.9. The Bertz CT molecular complexity index is 790. The molecule has 4 heteroatoms. The van der Waals surface area contributed by atoms with E-state index < -0.39 is 0 Å². The lowest BCUT2D eigenvalue weighted by molar-refractivity contribution is -0.396. The molecule has 122 valence electrons. The molecule has 0 fully saturated rings. The number of halogens is 1. The van der Waals surface area contributed by atoms with E-state index in [1.165, 1.54) is 33.4 Å². The number of rotatable bonds is 3. The first-order valence-electron chi connectivity index (χ1n) is 7.67. The summed E-state index contributed by atoms with van der Waals surface area (Å²) in [5.41, 5.74) is 11.0. The number of aromatic nitrogens is 2. The largest absolute Gasteiger partial charge is 0.314 e. The average Bonchev–Trinajstić information content (AvgIpc) is 2.94. The van der Waals surface area contributed by atoms with Crippen LogP contribution in [-0.4, -0.2) is 4.98 Å². The molecule has 2 N–H and O–H groups in total. The summed E-state index contributed by atoms with van der Waals surface area (Å²) in [7, 11) is 0. The first-order chi connectivity index (χ1) is 10.5. The van der Waals surface area contributed by atoms with Gasteiger partial charge in [0.05, 0.1) is 0 Å². The van der Waals surface area contributed by atoms with Gasteiger partial charge < -0.3 is 0 Å². The number of H-pyrrole nitrogens is 2. The van der Waals surface area contributed by atoms with E-state index in [1.807, 2.05) is 11.8 Å². The van der Waals surface area contributed by atoms with E-state index in [-0.39, 0.29) is 12.4 Å². The predicted octanol–water partition coefficient (Wildman–Crippen LogP) is 5.24. The lowest BCUT2D eigenvalue weighted by Crippen LogP contribution is -2.04. The van der Waals surface area contributed by atoms with Crippen molar-refractivity contribution in [3.63, 3.8) is 0 Å². The third-order valence-electron chi connectivity index (χ3n) is 4.94. The quantitative estimate of drug-likeness (QED) is 0.645. The number of nitrogens with one attached hydrogen (secondary N) is 2. The number of hydrogen-bond acceptors (Lipinski definition) is 1. The number of para-hydroxylation sites is 2. The van der Waals surface area contributed by atoms with E-state index >= 15 is 0 Å². The van der Waals surface area contributed by atoms with Crippen LogP contribution in [0.3, 0.4) is 0 Å². The first-order valence-corrected chi connectivity index (χ1v) is 8.66. The number of hydrogen-bond donors (Lipinski definition) is 1. The molecule has 3 rings (SSSR count). The van der Waals surface area contributed by atoms with E-state index in [4.69, 9.17) is 0 Å². The number of thioether (sulfide) groups is 1. The molecule has 2 nitrogen and oxygen atoms in total. The van der Waals surface area contributed by atoms with Gasteiger partial charge in [-0.1, -0.05) is 12.1 Å². The highest BCUT2D eigenvalue weighted by molar-refractivity contribution is 7.98. The standard InChI is InChI=1S/C19H22N2S.ClH/c1-11-12(2)14(4)16(15(5)13(11)3)10-22-19-20-17-8-6-7-9-18(17)21-19;/h6-9H,10H2,1-5H3,(H,20,21);1H/p+1. The highest BCUT2D eigenvalue weighted by Crippen LogP contribution is 2.30. The maximum atomic E-state index is 3.45. The maximum Gasteiger partial charge on any atom is 0.314 e. The SMILES string of the molecule is Cc1c(C)c(C)c(CSc2[nH]c3ccccc3[nH+]2)c(C)c1C.Cl. The third kappa shape index (κ3) is 3.26. The molecule has 0 aliphatic heterocycles. The smallest absolute Gasteiger partial charge is 0.231 e. The van der Waals surface area contributed by atoms with Crippen LogP contribution in [0.5, 0.6) is 0 Å². The van der Waals surface area contributed by atoms with E-state index in [0.29, 0.717) is 0 Å². The fourth-order valence-electron chi connectivity index (χ4n) is 2.99. The van der Waals surface area contributed by atoms with Gasteiger partial charge in [-0.15, -0.1) is 12.4 Å². The van der Waals surface area contributed by atoms with Crippen molar-refractivity contribution in [2.45, 2.75) is 45.5 Å². The van der Waals surface area contributed by atoms with Crippen LogP contribution in [0.4, 0.5) is 0 Å². The summed E-state index contributed by atoms with van der Waals surface area (Å²) in [5.74, 6) is 0.989. The molecular formula is C19H24ClN2S+. The summed E-state index contributed by atoms with van der Waals surface area (Å²) < 4.78 is 0. The summed E-state index contributed by atoms with van der Waals surface area (Å²) in [4.78, 5) is 6.91. The molecule has 0 aliphatic rings. The molecule has 0 atom stereocenters. The number of fused-ring (bicyclic) bond motifs is 1. The number of benzene rings is 2. The van der Waals surface area contributed by atoms with Crippen molar-refractivity contribution >= 4 is 35.2 Å². The van der Waals surface area contributed by atoms with Crippen LogP contribution in [0.2, 0.25) is 0 Å². The molecular weight excluding hydrogens is 324 g/mol. The summed E-state index contributed by atoms with van der Waals surface area (Å²) in [5, 5.41) is 1.12. The second kappa shape index (κ2) is 6.98. The third-order valence-corrected chi connectivity index (χ3v) is 5.87. The van der Waals surface area contributed by atoms with Crippen LogP contribution < -0.4 is 4.98 Å². The van der Waals surface area contributed by atoms with E-state index in [1.54, 1.807) is 0 Å². The van der Waals surface area contributed by atoms with Crippen LogP contribution in [0, 0.1) is 34.6 Å². The zero-order valence-corrected chi connectivity index (χ0v) is 16.0. The predicted molar refractivity (Wildman–Crippen MR) is 102 cm³/mol. The van der Waals surface area contributed by atoms with Gasteiger partial charge in [0.15, 0.2) is 11.0 Å². The van der Waals surface area contributed by atoms with Crippen molar-refractivity contribution in [3.05, 3.63) is 57.6 Å². The zero-order valence-electron chi connectivity index (χ0n) is 14.3. The Kier molecular flexibility index (Phi) is 5.43. The van der Waals surface area contributed by atoms with Gasteiger partial charge in [0, 0.05) is 5.75 Å². The summed E-state index contributed by atoms with van der Waals surface area (Å²) in [6, 6.07) is 8.32. The molecule has 0 bridgehead atoms. The maximum absolute atomic E-state index is 3.45. The Labute approximate surface area is 148 Å². The van der Waals surface area contributed by atoms with Gasteiger partial charge in [0.1, 0.15) is 0 Å². The number of imidazole rings is 1. The molecule has 0 radical (unpaired) electrons. The lowest BCUT2D eigenvalue weighted by atomic mass is 9.90. The number of aromatic amines is 2. The Hall–Kier alpha value is -1.45. The molecule has 23 heavy (non-hydrogen) atoms. The van der Waals surface area contributed by atoms with Crippen molar-refractivity contribution in [2.24, 2.45) is 0 Å². The molecule has 1 heterocycles. The van der Waals surface area contributed by atoms with Crippen molar-refractivity contribution < 1.29 is 4.98 Å². The minimum Gasteiger partial charge on any atom is -0.231 e. The van der Waals surface area contributed by atoms with Crippen LogP contribution >= 0.6 is 24.2 Å². The summed E-state index contributed by atoms with van der Waals surface area (Å²) in [6.07, 6.45) is 0. The van der Waals surface area contributed by atoms with Crippen molar-refractivity contribution in [1.29, 1.82) is 0 Å².